The second kappa shape index (κ2) is 20.0. The van der Waals surface area contributed by atoms with Crippen LogP contribution in [0.1, 0.15) is 52.7 Å². The van der Waals surface area contributed by atoms with Crippen LogP contribution in [0.25, 0.3) is 34.4 Å². The van der Waals surface area contributed by atoms with E-state index in [1.54, 1.807) is 26.0 Å². The summed E-state index contributed by atoms with van der Waals surface area (Å²) in [6, 6.07) is 30.2. The summed E-state index contributed by atoms with van der Waals surface area (Å²) < 4.78 is 0. The first-order valence-electron chi connectivity index (χ1n) is 16.0. The Morgan fingerprint density at radius 3 is 1.18 bits per heavy atom. The van der Waals surface area contributed by atoms with Gasteiger partial charge in [-0.3, -0.25) is 29.6 Å². The minimum atomic E-state index is -0.413. The zero-order valence-electron chi connectivity index (χ0n) is 29.6. The lowest BCUT2D eigenvalue weighted by Crippen LogP contribution is -2.32. The van der Waals surface area contributed by atoms with Gasteiger partial charge in [-0.05, 0) is 83.6 Å². The molecule has 4 rings (SSSR count). The molecule has 0 radical (unpaired) electrons. The number of nitrogens with zero attached hydrogens (tertiary/aromatic N) is 2. The molecule has 0 saturated carbocycles. The van der Waals surface area contributed by atoms with E-state index in [0.29, 0.717) is 10.1 Å². The van der Waals surface area contributed by atoms with Crippen LogP contribution >= 0.6 is 0 Å². The van der Waals surface area contributed by atoms with Crippen LogP contribution in [0.4, 0.5) is 11.4 Å². The number of amides is 4. The molecule has 0 aromatic heterocycles. The van der Waals surface area contributed by atoms with Gasteiger partial charge >= 0.3 is 0 Å². The van der Waals surface area contributed by atoms with Crippen molar-refractivity contribution in [3.8, 4) is 22.3 Å². The lowest BCUT2D eigenvalue weighted by atomic mass is 10.0. The zero-order chi connectivity index (χ0) is 36.8. The molecule has 11 heteroatoms. The number of carbonyl (C=O) groups is 4. The third-order valence-electron chi connectivity index (χ3n) is 7.36. The molecule has 4 aromatic rings. The van der Waals surface area contributed by atoms with Gasteiger partial charge in [0.25, 0.3) is 0 Å². The van der Waals surface area contributed by atoms with Crippen LogP contribution in [0.3, 0.4) is 0 Å². The van der Waals surface area contributed by atoms with Gasteiger partial charge < -0.3 is 16.1 Å². The van der Waals surface area contributed by atoms with E-state index in [0.717, 1.165) is 44.8 Å². The Kier molecular flexibility index (Phi) is 16.2. The van der Waals surface area contributed by atoms with Crippen LogP contribution < -0.4 is 10.6 Å². The minimum Gasteiger partial charge on any atom is -0.412 e. The largest absolute Gasteiger partial charge is 0.412 e. The fraction of sp³-hybridized carbons (Fsp3) is 0.200. The highest BCUT2D eigenvalue weighted by Gasteiger charge is 2.11. The normalized spacial score (nSPS) is 11.8. The second-order valence-electron chi connectivity index (χ2n) is 11.7. The molecule has 0 saturated heterocycles. The van der Waals surface area contributed by atoms with Gasteiger partial charge in [0, 0.05) is 39.1 Å². The van der Waals surface area contributed by atoms with E-state index in [2.05, 4.69) is 10.6 Å². The number of nitrogens with one attached hydrogen (secondary N) is 2. The third kappa shape index (κ3) is 13.5. The first-order chi connectivity index (χ1) is 23.7. The van der Waals surface area contributed by atoms with Gasteiger partial charge in [-0.25, -0.2) is 10.1 Å². The number of carbonyl (C=O) groups excluding carboxylic acids is 4. The topological polar surface area (TPSA) is 171 Å². The molecule has 268 valence electrons. The molecule has 6 N–H and O–H groups in total. The maximum Gasteiger partial charge on any atom is 0.243 e. The minimum absolute atomic E-state index is 0. The third-order valence-corrected chi connectivity index (χ3v) is 7.36. The number of hydrogen-bond donors (Lipinski definition) is 4. The number of benzene rings is 4. The molecule has 4 aromatic carbocycles. The molecule has 0 aliphatic rings. The van der Waals surface area contributed by atoms with Crippen molar-refractivity contribution in [3.05, 3.63) is 120 Å². The summed E-state index contributed by atoms with van der Waals surface area (Å²) in [6.45, 7) is 9.05. The molecule has 0 heterocycles. The Hall–Kier alpha value is -5.88. The van der Waals surface area contributed by atoms with Crippen molar-refractivity contribution in [2.75, 3.05) is 10.6 Å². The second-order valence-corrected chi connectivity index (χ2v) is 11.7. The molecular formula is C40H46N4O7. The number of hydroxylamine groups is 4. The zero-order valence-corrected chi connectivity index (χ0v) is 29.6. The Labute approximate surface area is 298 Å². The highest BCUT2D eigenvalue weighted by Crippen LogP contribution is 2.25. The van der Waals surface area contributed by atoms with Crippen molar-refractivity contribution in [2.24, 2.45) is 0 Å². The molecule has 51 heavy (non-hydrogen) atoms. The first-order valence-corrected chi connectivity index (χ1v) is 16.0. The van der Waals surface area contributed by atoms with E-state index in [4.69, 9.17) is 0 Å². The van der Waals surface area contributed by atoms with Gasteiger partial charge in [0.1, 0.15) is 0 Å². The van der Waals surface area contributed by atoms with Gasteiger partial charge in [0.05, 0.1) is 12.1 Å². The summed E-state index contributed by atoms with van der Waals surface area (Å²) in [4.78, 5) is 44.7. The van der Waals surface area contributed by atoms with E-state index < -0.39 is 23.9 Å². The maximum atomic E-state index is 11.2. The van der Waals surface area contributed by atoms with Crippen molar-refractivity contribution in [2.45, 2.75) is 53.6 Å². The Bertz CT molecular complexity index is 1740. The average molecular weight is 695 g/mol. The predicted octanol–water partition coefficient (Wildman–Crippen LogP) is 7.08. The summed E-state index contributed by atoms with van der Waals surface area (Å²) in [5, 5.41) is 26.1. The van der Waals surface area contributed by atoms with E-state index in [1.807, 2.05) is 109 Å². The van der Waals surface area contributed by atoms with E-state index >= 15 is 0 Å². The molecule has 0 fully saturated rings. The van der Waals surface area contributed by atoms with Crippen LogP contribution in [-0.4, -0.2) is 61.7 Å². The fourth-order valence-electron chi connectivity index (χ4n) is 4.84. The van der Waals surface area contributed by atoms with Crippen molar-refractivity contribution >= 4 is 47.2 Å². The van der Waals surface area contributed by atoms with Crippen molar-refractivity contribution < 1.29 is 35.1 Å². The van der Waals surface area contributed by atoms with Crippen molar-refractivity contribution in [1.29, 1.82) is 0 Å². The van der Waals surface area contributed by atoms with Crippen LogP contribution in [0.2, 0.25) is 0 Å². The van der Waals surface area contributed by atoms with Crippen LogP contribution in [0.15, 0.2) is 109 Å². The van der Waals surface area contributed by atoms with Gasteiger partial charge in [0.2, 0.25) is 23.6 Å². The van der Waals surface area contributed by atoms with Crippen molar-refractivity contribution in [1.82, 2.24) is 10.1 Å². The summed E-state index contributed by atoms with van der Waals surface area (Å²) in [6.07, 6.45) is 7.23. The van der Waals surface area contributed by atoms with Crippen LogP contribution in [-0.2, 0) is 19.2 Å². The lowest BCUT2D eigenvalue weighted by molar-refractivity contribution is -0.168. The molecule has 0 aliphatic heterocycles. The van der Waals surface area contributed by atoms with E-state index in [9.17, 15) is 29.6 Å². The van der Waals surface area contributed by atoms with E-state index in [-0.39, 0.29) is 17.3 Å². The summed E-state index contributed by atoms with van der Waals surface area (Å²) >= 11 is 0. The number of rotatable bonds is 10. The average Bonchev–Trinajstić information content (AvgIpc) is 3.09. The number of hydrogen-bond acceptors (Lipinski definition) is 6. The Morgan fingerprint density at radius 2 is 0.863 bits per heavy atom. The lowest BCUT2D eigenvalue weighted by Gasteiger charge is -2.17. The van der Waals surface area contributed by atoms with Gasteiger partial charge in [0.15, 0.2) is 0 Å². The number of anilines is 2. The van der Waals surface area contributed by atoms with Crippen LogP contribution in [0, 0.1) is 0 Å². The molecule has 0 aliphatic carbocycles. The molecular weight excluding hydrogens is 648 g/mol. The predicted molar refractivity (Wildman–Crippen MR) is 202 cm³/mol. The molecule has 11 nitrogen and oxygen atoms in total. The SMILES string of the molecule is CC(=O)Nc1cccc(-c2cccc(C=CC(C)N(O)C(C)=O)c2)c1.CC(=O)Nc1cccc(-c2cccc(C=CC(C)N(O)C(C)=O)c2)c1.O. The first kappa shape index (κ1) is 41.3. The quantitative estimate of drug-likeness (QED) is 0.102. The summed E-state index contributed by atoms with van der Waals surface area (Å²) in [5.41, 5.74) is 7.39. The molecule has 2 unspecified atom stereocenters. The Morgan fingerprint density at radius 1 is 0.549 bits per heavy atom. The van der Waals surface area contributed by atoms with Gasteiger partial charge in [-0.15, -0.1) is 0 Å². The van der Waals surface area contributed by atoms with Crippen molar-refractivity contribution in [3.63, 3.8) is 0 Å². The van der Waals surface area contributed by atoms with Gasteiger partial charge in [-0.2, -0.15) is 0 Å². The molecule has 0 spiro atoms. The Balaban J connectivity index is 0.000000347. The molecule has 2 atom stereocenters. The highest BCUT2D eigenvalue weighted by atomic mass is 16.5. The van der Waals surface area contributed by atoms with Gasteiger partial charge in [-0.1, -0.05) is 85.0 Å². The summed E-state index contributed by atoms with van der Waals surface area (Å²) in [5.74, 6) is -1.02. The van der Waals surface area contributed by atoms with Crippen LogP contribution in [0.5, 0.6) is 0 Å². The smallest absolute Gasteiger partial charge is 0.243 e. The standard InChI is InChI=1S/2C20H22N2O3.H2O/c2*1-14(22(25)16(3)24)10-11-17-6-4-7-18(12-17)19-8-5-9-20(13-19)21-15(2)23;/h2*4-14,25H,1-3H3,(H,21,23);1H2. The maximum absolute atomic E-state index is 11.2. The molecule has 0 bridgehead atoms. The monoisotopic (exact) mass is 694 g/mol. The highest BCUT2D eigenvalue weighted by molar-refractivity contribution is 5.90. The molecule has 4 amide bonds. The summed E-state index contributed by atoms with van der Waals surface area (Å²) in [7, 11) is 0. The fourth-order valence-corrected chi connectivity index (χ4v) is 4.84. The van der Waals surface area contributed by atoms with E-state index in [1.165, 1.54) is 27.7 Å².